The van der Waals surface area contributed by atoms with Crippen LogP contribution >= 0.6 is 0 Å². The van der Waals surface area contributed by atoms with Gasteiger partial charge in [-0.1, -0.05) is 32.3 Å². The molecule has 3 nitrogen and oxygen atoms in total. The van der Waals surface area contributed by atoms with Gasteiger partial charge in [-0.2, -0.15) is 0 Å². The monoisotopic (exact) mass is 288 g/mol. The molecule has 2 rings (SSSR count). The zero-order chi connectivity index (χ0) is 15.2. The number of rotatable bonds is 5. The average molecular weight is 288 g/mol. The van der Waals surface area contributed by atoms with Crippen LogP contribution in [0.3, 0.4) is 0 Å². The van der Waals surface area contributed by atoms with Crippen LogP contribution in [-0.4, -0.2) is 13.0 Å². The van der Waals surface area contributed by atoms with Gasteiger partial charge in [0.15, 0.2) is 0 Å². The third-order valence-electron chi connectivity index (χ3n) is 4.75. The molecular weight excluding hydrogens is 260 g/mol. The number of carbonyl (C=O) groups excluding carboxylic acids is 1. The summed E-state index contributed by atoms with van der Waals surface area (Å²) in [5, 5.41) is 0. The Balaban J connectivity index is 1.89. The average Bonchev–Trinajstić information content (AvgIpc) is 2.52. The first-order valence-electron chi connectivity index (χ1n) is 8.25. The maximum atomic E-state index is 12.6. The van der Waals surface area contributed by atoms with Gasteiger partial charge in [0.2, 0.25) is 5.91 Å². The first-order valence-corrected chi connectivity index (χ1v) is 8.25. The maximum Gasteiger partial charge on any atom is 0.229 e. The number of carbonyl (C=O) groups is 1. The summed E-state index contributed by atoms with van der Waals surface area (Å²) in [6.45, 7) is 2.25. The van der Waals surface area contributed by atoms with Crippen molar-refractivity contribution in [2.24, 2.45) is 11.8 Å². The van der Waals surface area contributed by atoms with Gasteiger partial charge in [0.25, 0.3) is 0 Å². The lowest BCUT2D eigenvalue weighted by molar-refractivity contribution is -0.123. The normalized spacial score (nSPS) is 22.0. The first kappa shape index (κ1) is 15.9. The topological polar surface area (TPSA) is 46.3 Å². The summed E-state index contributed by atoms with van der Waals surface area (Å²) < 4.78 is 0. The third-order valence-corrected chi connectivity index (χ3v) is 4.75. The van der Waals surface area contributed by atoms with Crippen LogP contribution in [0.4, 0.5) is 11.4 Å². The summed E-state index contributed by atoms with van der Waals surface area (Å²) in [6, 6.07) is 7.56. The summed E-state index contributed by atoms with van der Waals surface area (Å²) in [5.41, 5.74) is 7.40. The van der Waals surface area contributed by atoms with Crippen LogP contribution in [0.25, 0.3) is 0 Å². The fourth-order valence-electron chi connectivity index (χ4n) is 3.33. The molecule has 1 aromatic carbocycles. The highest BCUT2D eigenvalue weighted by Gasteiger charge is 2.28. The minimum Gasteiger partial charge on any atom is -0.399 e. The second kappa shape index (κ2) is 7.48. The molecule has 0 saturated heterocycles. The third kappa shape index (κ3) is 4.23. The molecule has 116 valence electrons. The van der Waals surface area contributed by atoms with Gasteiger partial charge >= 0.3 is 0 Å². The predicted molar refractivity (Wildman–Crippen MR) is 89.2 cm³/mol. The zero-order valence-corrected chi connectivity index (χ0v) is 13.3. The number of nitrogen functional groups attached to an aromatic ring is 1. The van der Waals surface area contributed by atoms with E-state index in [1.54, 1.807) is 4.90 Å². The van der Waals surface area contributed by atoms with Crippen molar-refractivity contribution in [1.82, 2.24) is 0 Å². The molecule has 3 heteroatoms. The van der Waals surface area contributed by atoms with E-state index in [9.17, 15) is 4.79 Å². The summed E-state index contributed by atoms with van der Waals surface area (Å²) in [7, 11) is 1.86. The van der Waals surface area contributed by atoms with Gasteiger partial charge in [0, 0.05) is 24.3 Å². The van der Waals surface area contributed by atoms with Crippen molar-refractivity contribution in [3.05, 3.63) is 24.3 Å². The van der Waals surface area contributed by atoms with Crippen LogP contribution < -0.4 is 10.6 Å². The molecule has 2 N–H and O–H groups in total. The van der Waals surface area contributed by atoms with Crippen molar-refractivity contribution in [2.75, 3.05) is 17.7 Å². The Labute approximate surface area is 128 Å². The summed E-state index contributed by atoms with van der Waals surface area (Å²) in [6.07, 6.45) is 8.44. The fraction of sp³-hybridized carbons (Fsp3) is 0.611. The number of amides is 1. The van der Waals surface area contributed by atoms with E-state index in [-0.39, 0.29) is 11.8 Å². The van der Waals surface area contributed by atoms with E-state index in [1.165, 1.54) is 32.1 Å². The van der Waals surface area contributed by atoms with Crippen LogP contribution in [0.15, 0.2) is 24.3 Å². The molecule has 0 radical (unpaired) electrons. The van der Waals surface area contributed by atoms with Crippen LogP contribution in [-0.2, 0) is 4.79 Å². The lowest BCUT2D eigenvalue weighted by atomic mass is 9.79. The first-order chi connectivity index (χ1) is 10.1. The van der Waals surface area contributed by atoms with Crippen molar-refractivity contribution in [3.8, 4) is 0 Å². The SMILES string of the molecule is CCCCC1CCC(C(=O)N(C)c2cccc(N)c2)CC1. The molecular formula is C18H28N2O. The number of benzene rings is 1. The fourth-order valence-corrected chi connectivity index (χ4v) is 3.33. The molecule has 0 heterocycles. The molecule has 1 saturated carbocycles. The lowest BCUT2D eigenvalue weighted by Crippen LogP contribution is -2.35. The highest BCUT2D eigenvalue weighted by atomic mass is 16.2. The number of hydrogen-bond donors (Lipinski definition) is 1. The van der Waals surface area contributed by atoms with Crippen molar-refractivity contribution in [3.63, 3.8) is 0 Å². The number of nitrogens with two attached hydrogens (primary N) is 1. The van der Waals surface area contributed by atoms with Gasteiger partial charge < -0.3 is 10.6 Å². The molecule has 0 aliphatic heterocycles. The Kier molecular flexibility index (Phi) is 5.66. The van der Waals surface area contributed by atoms with E-state index < -0.39 is 0 Å². The predicted octanol–water partition coefficient (Wildman–Crippen LogP) is 4.23. The van der Waals surface area contributed by atoms with E-state index in [4.69, 9.17) is 5.73 Å². The highest BCUT2D eigenvalue weighted by molar-refractivity contribution is 5.94. The molecule has 0 unspecified atom stereocenters. The molecule has 1 fully saturated rings. The summed E-state index contributed by atoms with van der Waals surface area (Å²) in [5.74, 6) is 1.27. The largest absolute Gasteiger partial charge is 0.399 e. The number of anilines is 2. The van der Waals surface area contributed by atoms with Crippen molar-refractivity contribution in [1.29, 1.82) is 0 Å². The van der Waals surface area contributed by atoms with E-state index in [2.05, 4.69) is 6.92 Å². The van der Waals surface area contributed by atoms with E-state index in [0.29, 0.717) is 5.69 Å². The quantitative estimate of drug-likeness (QED) is 0.824. The Morgan fingerprint density at radius 2 is 2.00 bits per heavy atom. The second-order valence-electron chi connectivity index (χ2n) is 6.35. The molecule has 1 amide bonds. The van der Waals surface area contributed by atoms with Crippen LogP contribution in [0.2, 0.25) is 0 Å². The summed E-state index contributed by atoms with van der Waals surface area (Å²) >= 11 is 0. The molecule has 0 spiro atoms. The van der Waals surface area contributed by atoms with Crippen molar-refractivity contribution >= 4 is 17.3 Å². The Hall–Kier alpha value is -1.51. The van der Waals surface area contributed by atoms with Gasteiger partial charge in [-0.05, 0) is 49.8 Å². The summed E-state index contributed by atoms with van der Waals surface area (Å²) in [4.78, 5) is 14.4. The molecule has 21 heavy (non-hydrogen) atoms. The molecule has 1 aliphatic carbocycles. The van der Waals surface area contributed by atoms with Crippen LogP contribution in [0, 0.1) is 11.8 Å². The van der Waals surface area contributed by atoms with E-state index in [0.717, 1.165) is 24.4 Å². The van der Waals surface area contributed by atoms with Gasteiger partial charge in [-0.15, -0.1) is 0 Å². The number of nitrogens with zero attached hydrogens (tertiary/aromatic N) is 1. The van der Waals surface area contributed by atoms with Crippen LogP contribution in [0.5, 0.6) is 0 Å². The van der Waals surface area contributed by atoms with E-state index >= 15 is 0 Å². The van der Waals surface area contributed by atoms with Crippen LogP contribution in [0.1, 0.15) is 51.9 Å². The Bertz CT molecular complexity index is 464. The number of hydrogen-bond acceptors (Lipinski definition) is 2. The maximum absolute atomic E-state index is 12.6. The smallest absolute Gasteiger partial charge is 0.229 e. The standard InChI is InChI=1S/C18H28N2O/c1-3-4-6-14-9-11-15(12-10-14)18(21)20(2)17-8-5-7-16(19)13-17/h5,7-8,13-15H,3-4,6,9-12,19H2,1-2H3. The van der Waals surface area contributed by atoms with Crippen molar-refractivity contribution < 1.29 is 4.79 Å². The van der Waals surface area contributed by atoms with Gasteiger partial charge in [0.1, 0.15) is 0 Å². The Morgan fingerprint density at radius 3 is 2.62 bits per heavy atom. The lowest BCUT2D eigenvalue weighted by Gasteiger charge is -2.30. The molecule has 1 aromatic rings. The second-order valence-corrected chi connectivity index (χ2v) is 6.35. The zero-order valence-electron chi connectivity index (χ0n) is 13.3. The molecule has 0 atom stereocenters. The number of unbranched alkanes of at least 4 members (excludes halogenated alkanes) is 1. The van der Waals surface area contributed by atoms with Crippen molar-refractivity contribution in [2.45, 2.75) is 51.9 Å². The molecule has 0 aromatic heterocycles. The molecule has 1 aliphatic rings. The van der Waals surface area contributed by atoms with Gasteiger partial charge in [-0.3, -0.25) is 4.79 Å². The van der Waals surface area contributed by atoms with Gasteiger partial charge in [0.05, 0.1) is 0 Å². The Morgan fingerprint density at radius 1 is 1.29 bits per heavy atom. The highest BCUT2D eigenvalue weighted by Crippen LogP contribution is 2.33. The minimum absolute atomic E-state index is 0.189. The van der Waals surface area contributed by atoms with Gasteiger partial charge in [-0.25, -0.2) is 0 Å². The molecule has 0 bridgehead atoms. The minimum atomic E-state index is 0.189. The van der Waals surface area contributed by atoms with E-state index in [1.807, 2.05) is 31.3 Å².